The average Bonchev–Trinajstić information content (AvgIpc) is 3.23. The zero-order valence-corrected chi connectivity index (χ0v) is 20.0. The van der Waals surface area contributed by atoms with E-state index in [4.69, 9.17) is 4.74 Å². The van der Waals surface area contributed by atoms with Gasteiger partial charge in [-0.3, -0.25) is 14.2 Å². The van der Waals surface area contributed by atoms with Crippen LogP contribution in [0.15, 0.2) is 23.3 Å². The van der Waals surface area contributed by atoms with E-state index in [1.54, 1.807) is 13.0 Å². The number of carbonyl (C=O) groups is 2. The highest BCUT2D eigenvalue weighted by Gasteiger charge is 2.34. The lowest BCUT2D eigenvalue weighted by Gasteiger charge is -2.39. The first kappa shape index (κ1) is 23.6. The van der Waals surface area contributed by atoms with Crippen molar-refractivity contribution in [1.82, 2.24) is 14.5 Å². The van der Waals surface area contributed by atoms with E-state index in [9.17, 15) is 23.9 Å². The second kappa shape index (κ2) is 9.46. The standard InChI is InChI=1S/C24H25FN4O5S/c1-13-8-19(28-10-14(11-28)17(30)6-5-15-4-2-3-7-34-15)27-22-20(13)21(31)16(23(32)33)12-29(22)24-26-9-18(25)35-24/h8-9,12,14-15H,2-7,10-11H2,1H3,(H,32,33). The van der Waals surface area contributed by atoms with Gasteiger partial charge in [0.15, 0.2) is 15.9 Å². The number of ether oxygens (including phenoxy) is 1. The van der Waals surface area contributed by atoms with Crippen LogP contribution in [0.3, 0.4) is 0 Å². The minimum Gasteiger partial charge on any atom is -0.477 e. The van der Waals surface area contributed by atoms with Crippen LogP contribution in [-0.4, -0.2) is 57.2 Å². The topological polar surface area (TPSA) is 115 Å². The highest BCUT2D eigenvalue weighted by molar-refractivity contribution is 7.12. The summed E-state index contributed by atoms with van der Waals surface area (Å²) in [4.78, 5) is 47.8. The van der Waals surface area contributed by atoms with Gasteiger partial charge in [0, 0.05) is 32.3 Å². The number of aromatic carboxylic acids is 1. The van der Waals surface area contributed by atoms with Gasteiger partial charge in [0.1, 0.15) is 17.2 Å². The van der Waals surface area contributed by atoms with Crippen molar-refractivity contribution in [3.8, 4) is 5.13 Å². The first-order valence-corrected chi connectivity index (χ1v) is 12.4. The molecule has 0 saturated carbocycles. The van der Waals surface area contributed by atoms with Crippen molar-refractivity contribution in [3.05, 3.63) is 44.9 Å². The molecule has 1 atom stereocenters. The molecule has 2 aliphatic heterocycles. The molecule has 5 heterocycles. The largest absolute Gasteiger partial charge is 0.477 e. The van der Waals surface area contributed by atoms with E-state index in [1.165, 1.54) is 4.57 Å². The fourth-order valence-corrected chi connectivity index (χ4v) is 5.33. The van der Waals surface area contributed by atoms with E-state index in [0.29, 0.717) is 30.9 Å². The number of thiazole rings is 1. The fourth-order valence-electron chi connectivity index (χ4n) is 4.71. The van der Waals surface area contributed by atoms with Crippen LogP contribution in [0.1, 0.15) is 48.0 Å². The van der Waals surface area contributed by atoms with Crippen molar-refractivity contribution >= 4 is 39.9 Å². The Labute approximate surface area is 204 Å². The number of aromatic nitrogens is 3. The SMILES string of the molecule is Cc1cc(N2CC(C(=O)CCC3CCCCO3)C2)nc2c1c(=O)c(C(=O)O)cn2-c1ncc(F)s1. The summed E-state index contributed by atoms with van der Waals surface area (Å²) < 4.78 is 20.8. The molecule has 0 bridgehead atoms. The number of rotatable bonds is 7. The summed E-state index contributed by atoms with van der Waals surface area (Å²) >= 11 is 0.725. The van der Waals surface area contributed by atoms with Crippen LogP contribution in [0.5, 0.6) is 0 Å². The van der Waals surface area contributed by atoms with Crippen molar-refractivity contribution < 1.29 is 23.8 Å². The lowest BCUT2D eigenvalue weighted by atomic mass is 9.90. The van der Waals surface area contributed by atoms with Crippen LogP contribution in [0, 0.1) is 18.0 Å². The molecule has 0 amide bonds. The molecule has 0 aliphatic carbocycles. The Kier molecular flexibility index (Phi) is 6.37. The number of nitrogens with zero attached hydrogens (tertiary/aromatic N) is 4. The minimum absolute atomic E-state index is 0.0824. The molecule has 1 unspecified atom stereocenters. The fraction of sp³-hybridized carbons (Fsp3) is 0.458. The Hall–Kier alpha value is -3.18. The van der Waals surface area contributed by atoms with E-state index in [0.717, 1.165) is 56.0 Å². The van der Waals surface area contributed by atoms with Crippen LogP contribution in [0.2, 0.25) is 0 Å². The number of Topliss-reactive ketones (excluding diaryl/α,β-unsaturated/α-hetero) is 1. The predicted octanol–water partition coefficient (Wildman–Crippen LogP) is 3.34. The van der Waals surface area contributed by atoms with Gasteiger partial charge < -0.3 is 14.7 Å². The van der Waals surface area contributed by atoms with Crippen molar-refractivity contribution in [2.75, 3.05) is 24.6 Å². The van der Waals surface area contributed by atoms with Gasteiger partial charge in [0.25, 0.3) is 0 Å². The summed E-state index contributed by atoms with van der Waals surface area (Å²) in [6.45, 7) is 3.52. The number of hydrogen-bond acceptors (Lipinski definition) is 8. The number of fused-ring (bicyclic) bond motifs is 1. The molecule has 2 aliphatic rings. The normalized spacial score (nSPS) is 18.6. The van der Waals surface area contributed by atoms with Crippen molar-refractivity contribution in [2.45, 2.75) is 45.1 Å². The quantitative estimate of drug-likeness (QED) is 0.525. The molecular formula is C24H25FN4O5S. The molecule has 35 heavy (non-hydrogen) atoms. The molecule has 184 valence electrons. The molecule has 0 aromatic carbocycles. The van der Waals surface area contributed by atoms with Crippen molar-refractivity contribution in [1.29, 1.82) is 0 Å². The van der Waals surface area contributed by atoms with Crippen LogP contribution in [0.25, 0.3) is 16.2 Å². The monoisotopic (exact) mass is 500 g/mol. The molecule has 2 saturated heterocycles. The lowest BCUT2D eigenvalue weighted by Crippen LogP contribution is -2.51. The van der Waals surface area contributed by atoms with Gasteiger partial charge in [-0.25, -0.2) is 14.8 Å². The van der Waals surface area contributed by atoms with E-state index >= 15 is 0 Å². The maximum Gasteiger partial charge on any atom is 0.341 e. The molecule has 0 spiro atoms. The zero-order valence-electron chi connectivity index (χ0n) is 19.2. The lowest BCUT2D eigenvalue weighted by molar-refractivity contribution is -0.124. The summed E-state index contributed by atoms with van der Waals surface area (Å²) in [6, 6.07) is 1.72. The van der Waals surface area contributed by atoms with Gasteiger partial charge in [-0.15, -0.1) is 0 Å². The molecule has 3 aromatic heterocycles. The van der Waals surface area contributed by atoms with Crippen LogP contribution < -0.4 is 10.3 Å². The van der Waals surface area contributed by atoms with Gasteiger partial charge in [0.05, 0.1) is 23.6 Å². The summed E-state index contributed by atoms with van der Waals surface area (Å²) in [5.41, 5.74) is -0.345. The Morgan fingerprint density at radius 3 is 2.77 bits per heavy atom. The second-order valence-electron chi connectivity index (χ2n) is 9.09. The highest BCUT2D eigenvalue weighted by atomic mass is 32.1. The first-order valence-electron chi connectivity index (χ1n) is 11.6. The van der Waals surface area contributed by atoms with Gasteiger partial charge >= 0.3 is 5.97 Å². The third-order valence-corrected chi connectivity index (χ3v) is 7.48. The van der Waals surface area contributed by atoms with Gasteiger partial charge in [-0.2, -0.15) is 4.39 Å². The first-order chi connectivity index (χ1) is 16.8. The van der Waals surface area contributed by atoms with Crippen molar-refractivity contribution in [2.24, 2.45) is 5.92 Å². The van der Waals surface area contributed by atoms with E-state index in [2.05, 4.69) is 9.97 Å². The van der Waals surface area contributed by atoms with Crippen LogP contribution in [-0.2, 0) is 9.53 Å². The molecule has 11 heteroatoms. The smallest absolute Gasteiger partial charge is 0.341 e. The number of halogens is 1. The predicted molar refractivity (Wildman–Crippen MR) is 128 cm³/mol. The van der Waals surface area contributed by atoms with Gasteiger partial charge in [0.2, 0.25) is 5.43 Å². The van der Waals surface area contributed by atoms with E-state index in [1.807, 2.05) is 4.90 Å². The third kappa shape index (κ3) is 4.57. The van der Waals surface area contributed by atoms with E-state index < -0.39 is 22.1 Å². The molecule has 9 nitrogen and oxygen atoms in total. The maximum atomic E-state index is 13.7. The summed E-state index contributed by atoms with van der Waals surface area (Å²) in [6.07, 6.45) is 6.85. The highest BCUT2D eigenvalue weighted by Crippen LogP contribution is 2.30. The Morgan fingerprint density at radius 2 is 2.11 bits per heavy atom. The van der Waals surface area contributed by atoms with E-state index in [-0.39, 0.29) is 34.0 Å². The Bertz CT molecular complexity index is 1360. The van der Waals surface area contributed by atoms with Gasteiger partial charge in [-0.1, -0.05) is 11.3 Å². The number of hydrogen-bond donors (Lipinski definition) is 1. The number of ketones is 1. The van der Waals surface area contributed by atoms with Crippen LogP contribution >= 0.6 is 11.3 Å². The number of carbonyl (C=O) groups excluding carboxylic acids is 1. The molecular weight excluding hydrogens is 475 g/mol. The number of carboxylic acid groups (broad SMARTS) is 1. The maximum absolute atomic E-state index is 13.7. The molecule has 1 N–H and O–H groups in total. The zero-order chi connectivity index (χ0) is 24.7. The summed E-state index contributed by atoms with van der Waals surface area (Å²) in [5.74, 6) is -0.674. The number of carboxylic acids is 1. The van der Waals surface area contributed by atoms with Crippen LogP contribution in [0.4, 0.5) is 10.2 Å². The van der Waals surface area contributed by atoms with Crippen molar-refractivity contribution in [3.63, 3.8) is 0 Å². The molecule has 5 rings (SSSR count). The Morgan fingerprint density at radius 1 is 1.31 bits per heavy atom. The third-order valence-electron chi connectivity index (χ3n) is 6.69. The summed E-state index contributed by atoms with van der Waals surface area (Å²) in [7, 11) is 0. The second-order valence-corrected chi connectivity index (χ2v) is 10.0. The number of pyridine rings is 2. The molecule has 2 fully saturated rings. The average molecular weight is 501 g/mol. The summed E-state index contributed by atoms with van der Waals surface area (Å²) in [5, 5.41) is 9.29. The number of anilines is 1. The Balaban J connectivity index is 1.40. The number of aryl methyl sites for hydroxylation is 1. The minimum atomic E-state index is -1.38. The van der Waals surface area contributed by atoms with Gasteiger partial charge in [-0.05, 0) is 44.2 Å². The molecule has 0 radical (unpaired) electrons. The molecule has 3 aromatic rings.